The van der Waals surface area contributed by atoms with E-state index in [4.69, 9.17) is 28.4 Å². The Bertz CT molecular complexity index is 3250. The highest BCUT2D eigenvalue weighted by molar-refractivity contribution is 5.80. The number of amides is 11. The van der Waals surface area contributed by atoms with Crippen molar-refractivity contribution >= 4 is 65.0 Å². The molecule has 7 rings (SSSR count). The molecule has 7 fully saturated rings. The highest BCUT2D eigenvalue weighted by Gasteiger charge is 2.51. The van der Waals surface area contributed by atoms with Crippen LogP contribution in [0.1, 0.15) is 258 Å². The first-order valence-electron chi connectivity index (χ1n) is 47.9. The third-order valence-electron chi connectivity index (χ3n) is 27.5. The molecule has 19 N–H and O–H groups in total. The number of ether oxygens (including phenoxy) is 6. The van der Waals surface area contributed by atoms with Crippen LogP contribution in [0.5, 0.6) is 0 Å². The number of likely N-dealkylation sites (tertiary alicyclic amines) is 3. The van der Waals surface area contributed by atoms with Crippen molar-refractivity contribution in [1.29, 1.82) is 0 Å². The third-order valence-corrected chi connectivity index (χ3v) is 27.5. The third kappa shape index (κ3) is 36.0. The molecule has 129 heavy (non-hydrogen) atoms. The van der Waals surface area contributed by atoms with Crippen molar-refractivity contribution in [2.45, 2.75) is 350 Å². The van der Waals surface area contributed by atoms with Gasteiger partial charge in [-0.25, -0.2) is 0 Å². The maximum Gasteiger partial charge on any atom is 0.222 e. The first-order chi connectivity index (χ1) is 61.9. The van der Waals surface area contributed by atoms with Gasteiger partial charge in [0.05, 0.1) is 33.0 Å². The fraction of sp³-hybridized carbons (Fsp3) is 0.878. The molecule has 15 unspecified atom stereocenters. The van der Waals surface area contributed by atoms with Crippen molar-refractivity contribution < 1.29 is 137 Å². The Labute approximate surface area is 759 Å². The Morgan fingerprint density at radius 1 is 0.341 bits per heavy atom. The number of nitrogens with zero attached hydrogens (tertiary/aromatic N) is 3. The Hall–Kier alpha value is -6.51. The van der Waals surface area contributed by atoms with E-state index in [-0.39, 0.29) is 136 Å². The number of aliphatic hydroxyl groups excluding tert-OH is 11. The molecule has 39 nitrogen and oxygen atoms in total. The molecule has 15 atom stereocenters. The molecule has 1 aliphatic carbocycles. The van der Waals surface area contributed by atoms with Crippen LogP contribution < -0.4 is 42.5 Å². The van der Waals surface area contributed by atoms with Crippen LogP contribution in [0.25, 0.3) is 0 Å². The van der Waals surface area contributed by atoms with Gasteiger partial charge in [0.1, 0.15) is 73.1 Å². The summed E-state index contributed by atoms with van der Waals surface area (Å²) in [7, 11) is 0. The average molecular weight is 1840 g/mol. The summed E-state index contributed by atoms with van der Waals surface area (Å²) in [6, 6.07) is -3.23. The summed E-state index contributed by atoms with van der Waals surface area (Å²) in [6.45, 7) is 7.40. The van der Waals surface area contributed by atoms with Crippen LogP contribution in [0.4, 0.5) is 0 Å². The Kier molecular flexibility index (Phi) is 49.2. The maximum atomic E-state index is 14.3. The zero-order valence-electron chi connectivity index (χ0n) is 76.6. The van der Waals surface area contributed by atoms with Gasteiger partial charge in [-0.15, -0.1) is 0 Å². The predicted molar refractivity (Wildman–Crippen MR) is 468 cm³/mol. The van der Waals surface area contributed by atoms with E-state index < -0.39 is 140 Å². The monoisotopic (exact) mass is 1840 g/mol. The standard InChI is InChI=1S/C90H157N11O28/c1-60(107)96-76-82(121)79(118)65(54-102)127-85(76)124-51-19-12-23-68(110)91-41-15-4-8-22-71(113)95-57-90(34-29-72(114)94-44-18-7-11-28-75(117)101-49-39-88(40-50-101)35-37-89(58-105,59-106)38-36-88,63-30-45-99(46-31-63)73(115)26-9-5-16-42-92-69(111)24-13-20-52-125-86-77(97-61(2)108)83(122)80(119)66(55-103)128-86)64-32-47-100(48-33-64)74(116)27-10-6-17-43-93-70(112)25-14-21-53-126-87-78(98-62(3)109)84(123)81(120)67(56-104)129-87/h63-67,76-87,102-106,118-123H,4-59H2,1-3H3,(H,91,110)(H,92,111)(H,93,112)(H,94,114)(H,95,113)(H,96,107)(H,97,108)(H,98,109). The number of hydrogen-bond donors (Lipinski definition) is 19. The van der Waals surface area contributed by atoms with E-state index in [2.05, 4.69) is 42.5 Å². The summed E-state index contributed by atoms with van der Waals surface area (Å²) in [5.41, 5.74) is -0.919. The minimum atomic E-state index is -1.45. The highest BCUT2D eigenvalue weighted by atomic mass is 16.7. The number of unbranched alkanes of at least 4 members (excludes halogenated alkanes) is 11. The van der Waals surface area contributed by atoms with E-state index >= 15 is 0 Å². The minimum absolute atomic E-state index is 0.00988. The van der Waals surface area contributed by atoms with E-state index in [0.29, 0.717) is 226 Å². The summed E-state index contributed by atoms with van der Waals surface area (Å²) in [5, 5.41) is 135. The Balaban J connectivity index is 0.915. The van der Waals surface area contributed by atoms with Gasteiger partial charge in [-0.2, -0.15) is 0 Å². The molecule has 6 heterocycles. The molecular weight excluding hydrogens is 1680 g/mol. The number of rotatable bonds is 57. The summed E-state index contributed by atoms with van der Waals surface area (Å²) < 4.78 is 34.2. The van der Waals surface area contributed by atoms with Gasteiger partial charge in [0.2, 0.25) is 65.0 Å². The number of hydrogen-bond acceptors (Lipinski definition) is 28. The minimum Gasteiger partial charge on any atom is -0.396 e. The van der Waals surface area contributed by atoms with E-state index in [0.717, 1.165) is 44.9 Å². The predicted octanol–water partition coefficient (Wildman–Crippen LogP) is -0.402. The maximum absolute atomic E-state index is 14.3. The number of carbonyl (C=O) groups excluding carboxylic acids is 11. The molecule has 0 aromatic carbocycles. The number of piperidine rings is 3. The summed E-state index contributed by atoms with van der Waals surface area (Å²) in [4.78, 5) is 150. The van der Waals surface area contributed by atoms with E-state index in [1.54, 1.807) is 0 Å². The molecule has 0 radical (unpaired) electrons. The van der Waals surface area contributed by atoms with Gasteiger partial charge in [-0.1, -0.05) is 25.7 Å². The van der Waals surface area contributed by atoms with Crippen molar-refractivity contribution in [2.75, 3.05) is 125 Å². The van der Waals surface area contributed by atoms with Gasteiger partial charge >= 0.3 is 0 Å². The molecule has 1 saturated carbocycles. The highest BCUT2D eigenvalue weighted by Crippen LogP contribution is 2.52. The van der Waals surface area contributed by atoms with Crippen LogP contribution in [-0.2, 0) is 81.2 Å². The second-order valence-electron chi connectivity index (χ2n) is 36.9. The normalized spacial score (nSPS) is 26.5. The van der Waals surface area contributed by atoms with Crippen molar-refractivity contribution in [2.24, 2.45) is 28.1 Å². The van der Waals surface area contributed by atoms with Crippen LogP contribution >= 0.6 is 0 Å². The molecule has 39 heteroatoms. The lowest BCUT2D eigenvalue weighted by molar-refractivity contribution is -0.270. The fourth-order valence-corrected chi connectivity index (χ4v) is 19.3. The van der Waals surface area contributed by atoms with Crippen LogP contribution in [0.2, 0.25) is 0 Å². The average Bonchev–Trinajstić information content (AvgIpc) is 0.768. The van der Waals surface area contributed by atoms with Crippen molar-refractivity contribution in [3.05, 3.63) is 0 Å². The zero-order valence-corrected chi connectivity index (χ0v) is 76.6. The molecule has 6 saturated heterocycles. The molecule has 740 valence electrons. The molecule has 1 spiro atoms. The van der Waals surface area contributed by atoms with Gasteiger partial charge in [-0.05, 0) is 183 Å². The lowest BCUT2D eigenvalue weighted by Crippen LogP contribution is -2.64. The molecule has 7 aliphatic rings. The summed E-state index contributed by atoms with van der Waals surface area (Å²) in [6.07, 6.45) is 5.04. The topological polar surface area (TPSA) is 572 Å². The number of aliphatic hydroxyl groups is 11. The number of nitrogens with one attached hydrogen (secondary N) is 8. The van der Waals surface area contributed by atoms with Crippen LogP contribution in [0, 0.1) is 28.1 Å². The van der Waals surface area contributed by atoms with Crippen LogP contribution in [-0.4, -0.2) is 353 Å². The largest absolute Gasteiger partial charge is 0.396 e. The van der Waals surface area contributed by atoms with Gasteiger partial charge < -0.3 is 142 Å². The molecule has 0 bridgehead atoms. The fourth-order valence-electron chi connectivity index (χ4n) is 19.3. The molecule has 0 aromatic heterocycles. The Morgan fingerprint density at radius 2 is 0.628 bits per heavy atom. The van der Waals surface area contributed by atoms with Crippen molar-refractivity contribution in [1.82, 2.24) is 57.2 Å². The zero-order chi connectivity index (χ0) is 93.9. The SMILES string of the molecule is CC(=O)NC1C(OCCCCC(=O)NCCCCCC(=O)NCC(CCC(=O)NCCCCCC(=O)N2CCC3(CC2)CCC(CO)(CO)CC3)(C2CCN(C(=O)CCCCCNC(=O)CCCCOC3OC(CO)C(O)C(O)C3NC(C)=O)CC2)C2CCN(C(=O)CCCCCNC(=O)CCCCOC3OC(CO)C(O)C(O)C3NC(C)=O)CC2)OC(CO)C(O)C1O. The van der Waals surface area contributed by atoms with Crippen molar-refractivity contribution in [3.8, 4) is 0 Å². The van der Waals surface area contributed by atoms with Gasteiger partial charge in [-0.3, -0.25) is 52.7 Å². The van der Waals surface area contributed by atoms with Crippen LogP contribution in [0.15, 0.2) is 0 Å². The molecular formula is C90H157N11O28. The smallest absolute Gasteiger partial charge is 0.222 e. The van der Waals surface area contributed by atoms with E-state index in [1.807, 2.05) is 14.7 Å². The Morgan fingerprint density at radius 3 is 0.930 bits per heavy atom. The molecule has 6 aliphatic heterocycles. The lowest BCUT2D eigenvalue weighted by atomic mass is 9.58. The van der Waals surface area contributed by atoms with Gasteiger partial charge in [0.25, 0.3) is 0 Å². The van der Waals surface area contributed by atoms with Gasteiger partial charge in [0, 0.05) is 169 Å². The molecule has 11 amide bonds. The van der Waals surface area contributed by atoms with Crippen molar-refractivity contribution in [3.63, 3.8) is 0 Å². The molecule has 0 aromatic rings. The van der Waals surface area contributed by atoms with Crippen LogP contribution in [0.3, 0.4) is 0 Å². The number of carbonyl (C=O) groups is 11. The first-order valence-corrected chi connectivity index (χ1v) is 47.9. The lowest BCUT2D eigenvalue weighted by Gasteiger charge is -2.52. The van der Waals surface area contributed by atoms with Gasteiger partial charge in [0.15, 0.2) is 18.9 Å². The van der Waals surface area contributed by atoms with E-state index in [9.17, 15) is 109 Å². The quantitative estimate of drug-likeness (QED) is 0.0345. The second kappa shape index (κ2) is 57.9. The summed E-state index contributed by atoms with van der Waals surface area (Å²) >= 11 is 0. The van der Waals surface area contributed by atoms with E-state index in [1.165, 1.54) is 20.8 Å². The first kappa shape index (κ1) is 110. The summed E-state index contributed by atoms with van der Waals surface area (Å²) in [5.74, 6) is -2.16. The second-order valence-corrected chi connectivity index (χ2v) is 36.9.